The van der Waals surface area contributed by atoms with E-state index in [1.165, 1.54) is 6.20 Å². The number of benzene rings is 1. The third-order valence-electron chi connectivity index (χ3n) is 2.51. The molecule has 1 aromatic carbocycles. The number of nitrogens with zero attached hydrogens (tertiary/aromatic N) is 1. The zero-order valence-corrected chi connectivity index (χ0v) is 10.4. The number of aliphatic hydroxyl groups excluding tert-OH is 1. The van der Waals surface area contributed by atoms with Crippen molar-refractivity contribution in [3.05, 3.63) is 47.3 Å². The number of anilines is 1. The summed E-state index contributed by atoms with van der Waals surface area (Å²) in [5.74, 6) is 5.12. The highest BCUT2D eigenvalue weighted by molar-refractivity contribution is 6.04. The Balaban J connectivity index is 2.15. The van der Waals surface area contributed by atoms with Gasteiger partial charge in [-0.25, -0.2) is 0 Å². The summed E-state index contributed by atoms with van der Waals surface area (Å²) in [5.41, 5.74) is 2.60. The van der Waals surface area contributed by atoms with Crippen molar-refractivity contribution in [2.24, 2.45) is 0 Å². The van der Waals surface area contributed by atoms with E-state index in [0.717, 1.165) is 5.56 Å². The summed E-state index contributed by atoms with van der Waals surface area (Å²) in [6, 6.07) is 7.12. The zero-order valence-electron chi connectivity index (χ0n) is 10.4. The van der Waals surface area contributed by atoms with Gasteiger partial charge in [-0.3, -0.25) is 9.89 Å². The number of aromatic amines is 1. The fourth-order valence-electron chi connectivity index (χ4n) is 1.59. The van der Waals surface area contributed by atoms with Crippen LogP contribution in [-0.2, 0) is 0 Å². The molecule has 0 radical (unpaired) electrons. The summed E-state index contributed by atoms with van der Waals surface area (Å²) < 4.78 is 0. The molecule has 1 amide bonds. The van der Waals surface area contributed by atoms with E-state index in [1.54, 1.807) is 31.2 Å². The molecule has 5 nitrogen and oxygen atoms in total. The Kier molecular flexibility index (Phi) is 3.96. The normalized spacial score (nSPS) is 9.58. The lowest BCUT2D eigenvalue weighted by atomic mass is 10.2. The van der Waals surface area contributed by atoms with Crippen LogP contribution in [-0.4, -0.2) is 27.8 Å². The number of carbonyl (C=O) groups excluding carboxylic acids is 1. The first-order valence-electron chi connectivity index (χ1n) is 5.72. The quantitative estimate of drug-likeness (QED) is 0.708. The zero-order chi connectivity index (χ0) is 13.7. The molecule has 0 aliphatic heterocycles. The molecule has 0 spiro atoms. The topological polar surface area (TPSA) is 78.0 Å². The number of aliphatic hydroxyl groups is 1. The van der Waals surface area contributed by atoms with Crippen molar-refractivity contribution in [1.82, 2.24) is 10.2 Å². The molecule has 1 aromatic heterocycles. The average Bonchev–Trinajstić information content (AvgIpc) is 2.83. The highest BCUT2D eigenvalue weighted by atomic mass is 16.2. The molecule has 0 fully saturated rings. The minimum Gasteiger partial charge on any atom is -0.384 e. The van der Waals surface area contributed by atoms with Crippen LogP contribution in [0.3, 0.4) is 0 Å². The third-order valence-corrected chi connectivity index (χ3v) is 2.51. The predicted molar refractivity (Wildman–Crippen MR) is 71.7 cm³/mol. The smallest absolute Gasteiger partial charge is 0.259 e. The van der Waals surface area contributed by atoms with Gasteiger partial charge < -0.3 is 10.4 Å². The van der Waals surface area contributed by atoms with Crippen LogP contribution in [0.25, 0.3) is 0 Å². The number of hydrogen-bond acceptors (Lipinski definition) is 3. The Morgan fingerprint density at radius 1 is 1.53 bits per heavy atom. The Labute approximate surface area is 110 Å². The fourth-order valence-corrected chi connectivity index (χ4v) is 1.59. The van der Waals surface area contributed by atoms with Crippen molar-refractivity contribution in [3.8, 4) is 11.8 Å². The van der Waals surface area contributed by atoms with Gasteiger partial charge >= 0.3 is 0 Å². The fraction of sp³-hybridized carbons (Fsp3) is 0.143. The van der Waals surface area contributed by atoms with E-state index in [-0.39, 0.29) is 12.5 Å². The Morgan fingerprint density at radius 2 is 2.37 bits per heavy atom. The number of amides is 1. The molecule has 2 rings (SSSR count). The number of carbonyl (C=O) groups is 1. The Morgan fingerprint density at radius 3 is 3.05 bits per heavy atom. The molecule has 96 valence electrons. The standard InChI is InChI=1S/C14H13N3O2/c1-10-13(9-15-17-10)14(19)16-12-6-2-4-11(8-12)5-3-7-18/h2,4,6,8-9,18H,7H2,1H3,(H,15,17)(H,16,19). The van der Waals surface area contributed by atoms with E-state index in [2.05, 4.69) is 27.4 Å². The first-order chi connectivity index (χ1) is 9.20. The van der Waals surface area contributed by atoms with Crippen LogP contribution in [0.15, 0.2) is 30.5 Å². The van der Waals surface area contributed by atoms with Crippen LogP contribution in [0.4, 0.5) is 5.69 Å². The molecule has 0 aliphatic rings. The summed E-state index contributed by atoms with van der Waals surface area (Å²) in [6.07, 6.45) is 1.49. The van der Waals surface area contributed by atoms with Crippen molar-refractivity contribution in [3.63, 3.8) is 0 Å². The lowest BCUT2D eigenvalue weighted by molar-refractivity contribution is 0.102. The monoisotopic (exact) mass is 255 g/mol. The van der Waals surface area contributed by atoms with Crippen LogP contribution >= 0.6 is 0 Å². The van der Waals surface area contributed by atoms with Crippen molar-refractivity contribution < 1.29 is 9.90 Å². The van der Waals surface area contributed by atoms with E-state index in [4.69, 9.17) is 5.11 Å². The summed E-state index contributed by atoms with van der Waals surface area (Å²) in [4.78, 5) is 12.0. The molecule has 1 heterocycles. The molecule has 2 aromatic rings. The molecule has 3 N–H and O–H groups in total. The van der Waals surface area contributed by atoms with Crippen molar-refractivity contribution in [2.45, 2.75) is 6.92 Å². The Hall–Kier alpha value is -2.58. The molecule has 0 bridgehead atoms. The second-order valence-corrected chi connectivity index (χ2v) is 3.90. The number of hydrogen-bond donors (Lipinski definition) is 3. The third kappa shape index (κ3) is 3.21. The Bertz CT molecular complexity index is 650. The van der Waals surface area contributed by atoms with Gasteiger partial charge in [-0.05, 0) is 25.1 Å². The lowest BCUT2D eigenvalue weighted by Crippen LogP contribution is -2.12. The van der Waals surface area contributed by atoms with Crippen LogP contribution in [0.1, 0.15) is 21.6 Å². The summed E-state index contributed by atoms with van der Waals surface area (Å²) in [6.45, 7) is 1.59. The molecule has 0 unspecified atom stereocenters. The second-order valence-electron chi connectivity index (χ2n) is 3.90. The summed E-state index contributed by atoms with van der Waals surface area (Å²) in [7, 11) is 0. The van der Waals surface area contributed by atoms with Crippen molar-refractivity contribution >= 4 is 11.6 Å². The average molecular weight is 255 g/mol. The molecular weight excluding hydrogens is 242 g/mol. The maximum Gasteiger partial charge on any atom is 0.259 e. The maximum atomic E-state index is 12.0. The van der Waals surface area contributed by atoms with Crippen LogP contribution in [0.5, 0.6) is 0 Å². The lowest BCUT2D eigenvalue weighted by Gasteiger charge is -2.04. The summed E-state index contributed by atoms with van der Waals surface area (Å²) in [5, 5.41) is 17.9. The van der Waals surface area contributed by atoms with Crippen molar-refractivity contribution in [1.29, 1.82) is 0 Å². The van der Waals surface area contributed by atoms with E-state index < -0.39 is 0 Å². The van der Waals surface area contributed by atoms with Gasteiger partial charge in [0.1, 0.15) is 6.61 Å². The highest BCUT2D eigenvalue weighted by Gasteiger charge is 2.10. The molecule has 19 heavy (non-hydrogen) atoms. The van der Waals surface area contributed by atoms with Crippen molar-refractivity contribution in [2.75, 3.05) is 11.9 Å². The number of rotatable bonds is 2. The van der Waals surface area contributed by atoms with E-state index in [9.17, 15) is 4.79 Å². The van der Waals surface area contributed by atoms with E-state index in [0.29, 0.717) is 16.9 Å². The van der Waals surface area contributed by atoms with Gasteiger partial charge in [-0.15, -0.1) is 0 Å². The van der Waals surface area contributed by atoms with E-state index >= 15 is 0 Å². The minimum absolute atomic E-state index is 0.190. The highest BCUT2D eigenvalue weighted by Crippen LogP contribution is 2.12. The van der Waals surface area contributed by atoms with Crippen LogP contribution in [0, 0.1) is 18.8 Å². The molecule has 0 aliphatic carbocycles. The SMILES string of the molecule is Cc1[nH]ncc1C(=O)Nc1cccc(C#CCO)c1. The second kappa shape index (κ2) is 5.85. The number of aromatic nitrogens is 2. The predicted octanol–water partition coefficient (Wildman–Crippen LogP) is 1.31. The number of H-pyrrole nitrogens is 1. The largest absolute Gasteiger partial charge is 0.384 e. The molecule has 0 saturated carbocycles. The minimum atomic E-state index is -0.224. The van der Waals surface area contributed by atoms with E-state index in [1.807, 2.05) is 0 Å². The van der Waals surface area contributed by atoms with Gasteiger partial charge in [0.25, 0.3) is 5.91 Å². The van der Waals surface area contributed by atoms with Gasteiger partial charge in [-0.1, -0.05) is 17.9 Å². The number of nitrogens with one attached hydrogen (secondary N) is 2. The van der Waals surface area contributed by atoms with Crippen LogP contribution in [0.2, 0.25) is 0 Å². The van der Waals surface area contributed by atoms with Gasteiger partial charge in [0, 0.05) is 16.9 Å². The van der Waals surface area contributed by atoms with Gasteiger partial charge in [0.15, 0.2) is 0 Å². The molecule has 0 saturated heterocycles. The first kappa shape index (κ1) is 12.9. The van der Waals surface area contributed by atoms with Gasteiger partial charge in [0.2, 0.25) is 0 Å². The van der Waals surface area contributed by atoms with Crippen LogP contribution < -0.4 is 5.32 Å². The molecule has 5 heteroatoms. The molecular formula is C14H13N3O2. The number of aryl methyl sites for hydroxylation is 1. The summed E-state index contributed by atoms with van der Waals surface area (Å²) >= 11 is 0. The first-order valence-corrected chi connectivity index (χ1v) is 5.72. The maximum absolute atomic E-state index is 12.0. The van der Waals surface area contributed by atoms with Gasteiger partial charge in [0.05, 0.1) is 11.8 Å². The molecule has 0 atom stereocenters. The van der Waals surface area contributed by atoms with Gasteiger partial charge in [-0.2, -0.15) is 5.10 Å².